The van der Waals surface area contributed by atoms with Gasteiger partial charge in [-0.15, -0.1) is 0 Å². The van der Waals surface area contributed by atoms with Gasteiger partial charge in [-0.25, -0.2) is 14.3 Å². The summed E-state index contributed by atoms with van der Waals surface area (Å²) in [6.07, 6.45) is 3.40. The van der Waals surface area contributed by atoms with E-state index in [1.807, 2.05) is 13.0 Å². The molecule has 0 bridgehead atoms. The summed E-state index contributed by atoms with van der Waals surface area (Å²) < 4.78 is 6.93. The molecule has 96 valence electrons. The lowest BCUT2D eigenvalue weighted by Gasteiger charge is -1.99. The van der Waals surface area contributed by atoms with E-state index in [0.717, 1.165) is 16.2 Å². The quantitative estimate of drug-likeness (QED) is 0.791. The number of nitrogens with zero attached hydrogens (tertiary/aromatic N) is 3. The minimum Gasteiger partial charge on any atom is -0.475 e. The van der Waals surface area contributed by atoms with Gasteiger partial charge in [-0.1, -0.05) is 0 Å². The third kappa shape index (κ3) is 2.19. The number of furan rings is 1. The summed E-state index contributed by atoms with van der Waals surface area (Å²) in [5, 5.41) is 14.3. The smallest absolute Gasteiger partial charge is 0.371 e. The number of hydrogen-bond donors (Lipinski definition) is 1. The number of rotatable bonds is 3. The second-order valence-corrected chi connectivity index (χ2v) is 4.87. The van der Waals surface area contributed by atoms with E-state index in [1.165, 1.54) is 17.8 Å². The van der Waals surface area contributed by atoms with Crippen molar-refractivity contribution in [2.75, 3.05) is 0 Å². The highest BCUT2D eigenvalue weighted by molar-refractivity contribution is 7.99. The van der Waals surface area contributed by atoms with Crippen LogP contribution in [0.3, 0.4) is 0 Å². The van der Waals surface area contributed by atoms with Crippen molar-refractivity contribution in [1.82, 2.24) is 14.6 Å². The second-order valence-electron chi connectivity index (χ2n) is 3.87. The molecule has 0 amide bonds. The number of aryl methyl sites for hydroxylation is 1. The highest BCUT2D eigenvalue weighted by atomic mass is 32.2. The second kappa shape index (κ2) is 4.43. The van der Waals surface area contributed by atoms with Gasteiger partial charge in [-0.3, -0.25) is 0 Å². The standard InChI is InChI=1S/C12H9N3O3S/c1-7-6-8-11(13-4-5-15(8)14-7)19-10-3-2-9(18-10)12(16)17/h2-6H,1H3,(H,16,17). The molecule has 3 heterocycles. The molecule has 0 aromatic carbocycles. The molecule has 0 aliphatic carbocycles. The van der Waals surface area contributed by atoms with Gasteiger partial charge in [-0.05, 0) is 36.9 Å². The molecular weight excluding hydrogens is 266 g/mol. The van der Waals surface area contributed by atoms with Crippen LogP contribution in [0.1, 0.15) is 16.2 Å². The van der Waals surface area contributed by atoms with Crippen LogP contribution in [0.25, 0.3) is 5.52 Å². The molecule has 7 heteroatoms. The van der Waals surface area contributed by atoms with Crippen LogP contribution in [0, 0.1) is 6.92 Å². The summed E-state index contributed by atoms with van der Waals surface area (Å²) >= 11 is 1.27. The summed E-state index contributed by atoms with van der Waals surface area (Å²) in [6.45, 7) is 1.90. The highest BCUT2D eigenvalue weighted by Gasteiger charge is 2.12. The Bertz CT molecular complexity index is 763. The van der Waals surface area contributed by atoms with Gasteiger partial charge >= 0.3 is 5.97 Å². The van der Waals surface area contributed by atoms with Crippen molar-refractivity contribution in [3.8, 4) is 0 Å². The topological polar surface area (TPSA) is 80.6 Å². The first-order valence-electron chi connectivity index (χ1n) is 5.45. The Hall–Kier alpha value is -2.28. The van der Waals surface area contributed by atoms with Gasteiger partial charge in [-0.2, -0.15) is 5.10 Å². The fourth-order valence-corrected chi connectivity index (χ4v) is 2.51. The van der Waals surface area contributed by atoms with Crippen LogP contribution < -0.4 is 0 Å². The third-order valence-corrected chi connectivity index (χ3v) is 3.39. The van der Waals surface area contributed by atoms with Crippen molar-refractivity contribution < 1.29 is 14.3 Å². The summed E-state index contributed by atoms with van der Waals surface area (Å²) in [6, 6.07) is 4.95. The monoisotopic (exact) mass is 275 g/mol. The van der Waals surface area contributed by atoms with Gasteiger partial charge in [0.15, 0.2) is 5.09 Å². The lowest BCUT2D eigenvalue weighted by atomic mass is 10.4. The van der Waals surface area contributed by atoms with Crippen LogP contribution in [0.5, 0.6) is 0 Å². The molecule has 3 aromatic rings. The number of hydrogen-bond acceptors (Lipinski definition) is 5. The number of aromatic carboxylic acids is 1. The molecule has 0 spiro atoms. The van der Waals surface area contributed by atoms with Crippen LogP contribution in [0.15, 0.2) is 45.1 Å². The Morgan fingerprint density at radius 2 is 2.32 bits per heavy atom. The Kier molecular flexibility index (Phi) is 2.75. The van der Waals surface area contributed by atoms with E-state index in [0.29, 0.717) is 5.09 Å². The van der Waals surface area contributed by atoms with E-state index in [1.54, 1.807) is 23.0 Å². The van der Waals surface area contributed by atoms with E-state index in [9.17, 15) is 4.79 Å². The number of carboxylic acid groups (broad SMARTS) is 1. The van der Waals surface area contributed by atoms with E-state index in [4.69, 9.17) is 9.52 Å². The van der Waals surface area contributed by atoms with E-state index >= 15 is 0 Å². The first kappa shape index (κ1) is 11.8. The summed E-state index contributed by atoms with van der Waals surface area (Å²) in [5.41, 5.74) is 1.75. The average Bonchev–Trinajstić information content (AvgIpc) is 2.95. The predicted molar refractivity (Wildman–Crippen MR) is 67.5 cm³/mol. The maximum Gasteiger partial charge on any atom is 0.371 e. The normalized spacial score (nSPS) is 11.0. The lowest BCUT2D eigenvalue weighted by molar-refractivity contribution is 0.0656. The van der Waals surface area contributed by atoms with Crippen molar-refractivity contribution >= 4 is 23.2 Å². The third-order valence-electron chi connectivity index (χ3n) is 2.47. The van der Waals surface area contributed by atoms with Gasteiger partial charge in [0, 0.05) is 12.4 Å². The first-order valence-corrected chi connectivity index (χ1v) is 6.27. The minimum absolute atomic E-state index is 0.0841. The van der Waals surface area contributed by atoms with Crippen LogP contribution in [0.4, 0.5) is 0 Å². The minimum atomic E-state index is -1.08. The predicted octanol–water partition coefficient (Wildman–Crippen LogP) is 2.48. The van der Waals surface area contributed by atoms with Crippen molar-refractivity contribution in [2.24, 2.45) is 0 Å². The van der Waals surface area contributed by atoms with Gasteiger partial charge in [0.2, 0.25) is 5.76 Å². The van der Waals surface area contributed by atoms with E-state index in [2.05, 4.69) is 10.1 Å². The Morgan fingerprint density at radius 1 is 1.47 bits per heavy atom. The number of aromatic nitrogens is 3. The Morgan fingerprint density at radius 3 is 3.05 bits per heavy atom. The number of carbonyl (C=O) groups is 1. The Labute approximate surface area is 112 Å². The SMILES string of the molecule is Cc1cc2c(Sc3ccc(C(=O)O)o3)nccn2n1. The van der Waals surface area contributed by atoms with Crippen LogP contribution in [0.2, 0.25) is 0 Å². The molecule has 3 rings (SSSR count). The molecule has 1 N–H and O–H groups in total. The summed E-state index contributed by atoms with van der Waals surface area (Å²) in [7, 11) is 0. The average molecular weight is 275 g/mol. The van der Waals surface area contributed by atoms with Crippen LogP contribution in [-0.4, -0.2) is 25.7 Å². The largest absolute Gasteiger partial charge is 0.475 e. The molecule has 0 saturated heterocycles. The molecule has 0 aliphatic rings. The number of fused-ring (bicyclic) bond motifs is 1. The molecule has 0 aliphatic heterocycles. The van der Waals surface area contributed by atoms with Gasteiger partial charge in [0.1, 0.15) is 5.03 Å². The Balaban J connectivity index is 1.98. The molecular formula is C12H9N3O3S. The maximum atomic E-state index is 10.7. The van der Waals surface area contributed by atoms with E-state index in [-0.39, 0.29) is 5.76 Å². The molecule has 0 radical (unpaired) electrons. The fraction of sp³-hybridized carbons (Fsp3) is 0.0833. The fourth-order valence-electron chi connectivity index (χ4n) is 1.68. The lowest BCUT2D eigenvalue weighted by Crippen LogP contribution is -1.92. The molecule has 0 atom stereocenters. The zero-order chi connectivity index (χ0) is 13.4. The molecule has 19 heavy (non-hydrogen) atoms. The maximum absolute atomic E-state index is 10.7. The molecule has 3 aromatic heterocycles. The zero-order valence-electron chi connectivity index (χ0n) is 9.90. The van der Waals surface area contributed by atoms with Crippen molar-refractivity contribution in [2.45, 2.75) is 17.0 Å². The summed E-state index contributed by atoms with van der Waals surface area (Å²) in [5.74, 6) is -1.17. The van der Waals surface area contributed by atoms with Crippen molar-refractivity contribution in [1.29, 1.82) is 0 Å². The molecule has 0 saturated carbocycles. The van der Waals surface area contributed by atoms with Crippen LogP contribution in [-0.2, 0) is 0 Å². The van der Waals surface area contributed by atoms with Crippen LogP contribution >= 0.6 is 11.8 Å². The zero-order valence-corrected chi connectivity index (χ0v) is 10.7. The molecule has 0 unspecified atom stereocenters. The molecule has 6 nitrogen and oxygen atoms in total. The van der Waals surface area contributed by atoms with Crippen molar-refractivity contribution in [3.63, 3.8) is 0 Å². The van der Waals surface area contributed by atoms with Gasteiger partial charge in [0.05, 0.1) is 11.2 Å². The molecule has 0 fully saturated rings. The van der Waals surface area contributed by atoms with E-state index < -0.39 is 5.97 Å². The number of carboxylic acids is 1. The first-order chi connectivity index (χ1) is 9.13. The van der Waals surface area contributed by atoms with Gasteiger partial charge in [0.25, 0.3) is 0 Å². The summed E-state index contributed by atoms with van der Waals surface area (Å²) in [4.78, 5) is 15.0. The van der Waals surface area contributed by atoms with Crippen molar-refractivity contribution in [3.05, 3.63) is 42.0 Å². The highest BCUT2D eigenvalue weighted by Crippen LogP contribution is 2.30. The van der Waals surface area contributed by atoms with Gasteiger partial charge < -0.3 is 9.52 Å².